The summed E-state index contributed by atoms with van der Waals surface area (Å²) in [6.07, 6.45) is 0. The molecule has 0 aliphatic heterocycles. The fourth-order valence-corrected chi connectivity index (χ4v) is 4.82. The minimum atomic E-state index is 0. The van der Waals surface area contributed by atoms with E-state index in [2.05, 4.69) is 138 Å². The molecule has 5 heteroatoms. The summed E-state index contributed by atoms with van der Waals surface area (Å²) >= 11 is 0. The average molecular weight is 689 g/mol. The summed E-state index contributed by atoms with van der Waals surface area (Å²) in [6.45, 7) is 28.7. The number of hydrogen-bond donors (Lipinski definition) is 0. The summed E-state index contributed by atoms with van der Waals surface area (Å²) in [4.78, 5) is 0. The summed E-state index contributed by atoms with van der Waals surface area (Å²) in [7, 11) is 2.87. The van der Waals surface area contributed by atoms with Gasteiger partial charge in [0, 0.05) is 9.52 Å². The molecule has 0 bridgehead atoms. The summed E-state index contributed by atoms with van der Waals surface area (Å²) in [6, 6.07) is 18.1. The predicted molar refractivity (Wildman–Crippen MR) is 172 cm³/mol. The first-order valence-corrected chi connectivity index (χ1v) is 15.7. The van der Waals surface area contributed by atoms with Crippen LogP contribution in [0.15, 0.2) is 48.5 Å². The molecule has 0 saturated heterocycles. The van der Waals surface area contributed by atoms with Crippen molar-refractivity contribution in [3.8, 4) is 16.9 Å². The molecule has 0 aliphatic rings. The normalized spacial score (nSPS) is 10.7. The molecule has 222 valence electrons. The van der Waals surface area contributed by atoms with Crippen molar-refractivity contribution in [1.82, 2.24) is 0 Å². The van der Waals surface area contributed by atoms with E-state index >= 15 is 0 Å². The van der Waals surface area contributed by atoms with Crippen LogP contribution in [0.1, 0.15) is 80.5 Å². The van der Waals surface area contributed by atoms with Crippen LogP contribution in [0.4, 0.5) is 0 Å². The van der Waals surface area contributed by atoms with Crippen LogP contribution < -0.4 is 29.6 Å². The predicted octanol–water partition coefficient (Wildman–Crippen LogP) is 4.57. The third-order valence-corrected chi connectivity index (χ3v) is 7.34. The fourth-order valence-electron chi connectivity index (χ4n) is 4.82. The second-order valence-corrected chi connectivity index (χ2v) is 13.7. The van der Waals surface area contributed by atoms with E-state index in [0.29, 0.717) is 0 Å². The second-order valence-electron chi connectivity index (χ2n) is 12.7. The SMILES string of the molecule is COc1c(C(C)(C)C)cc2[cH-]c(C)cc2c1-c1ccc(C(C)(C)C)cc1.C[Si]C.Cc1[cH-]c(C)c(C)c1C.[Cl-].[Cl-].[Zr+4]. The summed E-state index contributed by atoms with van der Waals surface area (Å²) < 4.78 is 5.97. The molecule has 4 aromatic carbocycles. The Morgan fingerprint density at radius 1 is 0.707 bits per heavy atom. The van der Waals surface area contributed by atoms with Gasteiger partial charge in [-0.2, -0.15) is 34.4 Å². The van der Waals surface area contributed by atoms with Gasteiger partial charge in [-0.05, 0) is 33.1 Å². The molecule has 0 aromatic heterocycles. The topological polar surface area (TPSA) is 9.23 Å². The van der Waals surface area contributed by atoms with Crippen molar-refractivity contribution in [2.24, 2.45) is 0 Å². The van der Waals surface area contributed by atoms with Gasteiger partial charge in [0.05, 0.1) is 7.11 Å². The van der Waals surface area contributed by atoms with Gasteiger partial charge >= 0.3 is 26.2 Å². The average Bonchev–Trinajstić information content (AvgIpc) is 3.30. The van der Waals surface area contributed by atoms with Crippen LogP contribution in [0.3, 0.4) is 0 Å². The molecule has 4 rings (SSSR count). The molecule has 0 aliphatic carbocycles. The Morgan fingerprint density at radius 2 is 1.17 bits per heavy atom. The van der Waals surface area contributed by atoms with Crippen LogP contribution in [-0.4, -0.2) is 16.6 Å². The molecule has 0 amide bonds. The molecule has 1 nitrogen and oxygen atoms in total. The van der Waals surface area contributed by atoms with Crippen LogP contribution in [-0.2, 0) is 37.0 Å². The molecule has 41 heavy (non-hydrogen) atoms. The van der Waals surface area contributed by atoms with Gasteiger partial charge in [0.15, 0.2) is 0 Å². The zero-order valence-corrected chi connectivity index (χ0v) is 32.8. The van der Waals surface area contributed by atoms with E-state index in [0.717, 1.165) is 15.3 Å². The van der Waals surface area contributed by atoms with Crippen molar-refractivity contribution in [2.45, 2.75) is 100 Å². The third kappa shape index (κ3) is 10.5. The van der Waals surface area contributed by atoms with Crippen LogP contribution >= 0.6 is 0 Å². The van der Waals surface area contributed by atoms with Crippen LogP contribution in [0.2, 0.25) is 13.1 Å². The van der Waals surface area contributed by atoms with Gasteiger partial charge in [-0.15, -0.1) is 28.5 Å². The molecule has 0 N–H and O–H groups in total. The van der Waals surface area contributed by atoms with Crippen LogP contribution in [0.25, 0.3) is 21.9 Å². The van der Waals surface area contributed by atoms with Gasteiger partial charge in [0.25, 0.3) is 0 Å². The van der Waals surface area contributed by atoms with Gasteiger partial charge in [-0.3, -0.25) is 0 Å². The molecule has 0 heterocycles. The first kappa shape index (κ1) is 42.0. The van der Waals surface area contributed by atoms with E-state index < -0.39 is 0 Å². The van der Waals surface area contributed by atoms with Gasteiger partial charge in [0.2, 0.25) is 0 Å². The molecule has 0 spiro atoms. The van der Waals surface area contributed by atoms with Gasteiger partial charge < -0.3 is 29.6 Å². The Balaban J connectivity index is 0. The number of hydrogen-bond acceptors (Lipinski definition) is 1. The summed E-state index contributed by atoms with van der Waals surface area (Å²) in [5.74, 6) is 0.999. The van der Waals surface area contributed by atoms with Crippen molar-refractivity contribution < 1.29 is 55.8 Å². The van der Waals surface area contributed by atoms with Gasteiger partial charge in [0.1, 0.15) is 5.75 Å². The maximum absolute atomic E-state index is 5.97. The zero-order valence-electron chi connectivity index (χ0n) is 27.8. The number of halogens is 2. The molecule has 2 radical (unpaired) electrons. The summed E-state index contributed by atoms with van der Waals surface area (Å²) in [5, 5.41) is 2.57. The number of benzene rings is 2. The Bertz CT molecular complexity index is 1330. The molecule has 4 aromatic rings. The van der Waals surface area contributed by atoms with Gasteiger partial charge in [-0.1, -0.05) is 114 Å². The maximum Gasteiger partial charge on any atom is 4.00 e. The first-order chi connectivity index (χ1) is 17.6. The third-order valence-electron chi connectivity index (χ3n) is 7.34. The molecule has 0 fully saturated rings. The van der Waals surface area contributed by atoms with E-state index in [4.69, 9.17) is 4.74 Å². The zero-order chi connectivity index (χ0) is 29.0. The number of methoxy groups -OCH3 is 1. The first-order valence-electron chi connectivity index (χ1n) is 13.7. The molecule has 0 unspecified atom stereocenters. The van der Waals surface area contributed by atoms with Crippen molar-refractivity contribution in [3.63, 3.8) is 0 Å². The minimum absolute atomic E-state index is 0. The Morgan fingerprint density at radius 3 is 1.51 bits per heavy atom. The van der Waals surface area contributed by atoms with Crippen molar-refractivity contribution in [3.05, 3.63) is 87.5 Å². The smallest absolute Gasteiger partial charge is 1.00 e. The standard InChI is InChI=1S/C25H31O.C9H13.C2H6Si.2ClH.Zr/c1-16-13-18-15-21(25(5,6)7)23(26-8)22(20(18)14-16)17-9-11-19(12-10-17)24(2,3)4;1-6-5-7(2)9(4)8(6)3;1-3-2;;;/h9-15H,1-8H3;5H,1-4H3;1-2H3;2*1H;/q2*-1;;;;+4/p-2. The Hall–Kier alpha value is -1.12. The summed E-state index contributed by atoms with van der Waals surface area (Å²) in [5.41, 5.74) is 12.2. The van der Waals surface area contributed by atoms with E-state index in [1.54, 1.807) is 7.11 Å². The van der Waals surface area contributed by atoms with Crippen molar-refractivity contribution in [2.75, 3.05) is 7.11 Å². The maximum atomic E-state index is 5.97. The number of rotatable bonds is 2. The van der Waals surface area contributed by atoms with E-state index in [1.807, 2.05) is 0 Å². The van der Waals surface area contributed by atoms with E-state index in [9.17, 15) is 0 Å². The molecular formula is C36H50Cl2OSiZr. The second kappa shape index (κ2) is 17.2. The fraction of sp³-hybridized carbons (Fsp3) is 0.444. The molecular weight excluding hydrogens is 639 g/mol. The van der Waals surface area contributed by atoms with Crippen molar-refractivity contribution >= 4 is 20.3 Å². The van der Waals surface area contributed by atoms with Crippen LogP contribution in [0.5, 0.6) is 5.75 Å². The minimum Gasteiger partial charge on any atom is -1.00 e. The Kier molecular flexibility index (Phi) is 17.7. The van der Waals surface area contributed by atoms with Gasteiger partial charge in [-0.25, -0.2) is 0 Å². The number of aryl methyl sites for hydroxylation is 3. The van der Waals surface area contributed by atoms with E-state index in [-0.39, 0.29) is 61.8 Å². The Labute approximate surface area is 285 Å². The number of fused-ring (bicyclic) bond motifs is 1. The largest absolute Gasteiger partial charge is 4.00 e. The quantitative estimate of drug-likeness (QED) is 0.222. The van der Waals surface area contributed by atoms with Crippen molar-refractivity contribution in [1.29, 1.82) is 0 Å². The number of ether oxygens (including phenoxy) is 1. The van der Waals surface area contributed by atoms with Crippen LogP contribution in [0, 0.1) is 34.6 Å². The van der Waals surface area contributed by atoms with E-state index in [1.165, 1.54) is 60.8 Å². The molecule has 0 saturated carbocycles. The molecule has 0 atom stereocenters. The monoisotopic (exact) mass is 686 g/mol.